The summed E-state index contributed by atoms with van der Waals surface area (Å²) in [6.45, 7) is 4.95. The number of aliphatic carboxylic acids is 1. The largest absolute Gasteiger partial charge is 0.481 e. The molecule has 0 saturated carbocycles. The van der Waals surface area contributed by atoms with E-state index in [1.807, 2.05) is 38.1 Å². The van der Waals surface area contributed by atoms with E-state index in [4.69, 9.17) is 9.84 Å². The molecule has 1 fully saturated rings. The SMILES string of the molecule is Cc1ccc(-n2nc(C(=O)N3CCOC(CC(=O)O)C3)cc2C)cc1. The zero-order valence-corrected chi connectivity index (χ0v) is 14.3. The van der Waals surface area contributed by atoms with Gasteiger partial charge in [0, 0.05) is 18.8 Å². The van der Waals surface area contributed by atoms with Gasteiger partial charge in [-0.2, -0.15) is 5.10 Å². The number of carboxylic acid groups (broad SMARTS) is 1. The molecule has 1 unspecified atom stereocenters. The Morgan fingerprint density at radius 1 is 1.28 bits per heavy atom. The molecule has 0 spiro atoms. The lowest BCUT2D eigenvalue weighted by Gasteiger charge is -2.31. The van der Waals surface area contributed by atoms with Crippen molar-refractivity contribution < 1.29 is 19.4 Å². The third kappa shape index (κ3) is 3.88. The van der Waals surface area contributed by atoms with E-state index < -0.39 is 12.1 Å². The molecular weight excluding hydrogens is 322 g/mol. The monoisotopic (exact) mass is 343 g/mol. The Bertz CT molecular complexity index is 782. The van der Waals surface area contributed by atoms with E-state index in [1.165, 1.54) is 0 Å². The van der Waals surface area contributed by atoms with Crippen LogP contribution in [0, 0.1) is 13.8 Å². The van der Waals surface area contributed by atoms with Crippen molar-refractivity contribution >= 4 is 11.9 Å². The number of amides is 1. The van der Waals surface area contributed by atoms with Crippen LogP contribution in [0.5, 0.6) is 0 Å². The van der Waals surface area contributed by atoms with Gasteiger partial charge in [0.1, 0.15) is 0 Å². The number of morpholine rings is 1. The number of benzene rings is 1. The third-order valence-electron chi connectivity index (χ3n) is 4.21. The highest BCUT2D eigenvalue weighted by Crippen LogP contribution is 2.16. The number of carboxylic acids is 1. The van der Waals surface area contributed by atoms with Crippen molar-refractivity contribution in [3.05, 3.63) is 47.3 Å². The van der Waals surface area contributed by atoms with Crippen LogP contribution in [0.15, 0.2) is 30.3 Å². The van der Waals surface area contributed by atoms with E-state index in [1.54, 1.807) is 15.6 Å². The van der Waals surface area contributed by atoms with Crippen LogP contribution in [0.25, 0.3) is 5.69 Å². The first kappa shape index (κ1) is 17.2. The fourth-order valence-electron chi connectivity index (χ4n) is 2.91. The maximum absolute atomic E-state index is 12.7. The predicted molar refractivity (Wildman–Crippen MR) is 90.9 cm³/mol. The molecule has 3 rings (SSSR count). The van der Waals surface area contributed by atoms with E-state index in [2.05, 4.69) is 5.10 Å². The number of carbonyl (C=O) groups is 2. The Morgan fingerprint density at radius 2 is 2.00 bits per heavy atom. The number of aromatic nitrogens is 2. The zero-order chi connectivity index (χ0) is 18.0. The maximum atomic E-state index is 12.7. The average molecular weight is 343 g/mol. The van der Waals surface area contributed by atoms with Gasteiger partial charge in [-0.15, -0.1) is 0 Å². The number of rotatable bonds is 4. The van der Waals surface area contributed by atoms with Crippen LogP contribution in [-0.2, 0) is 9.53 Å². The molecule has 1 atom stereocenters. The smallest absolute Gasteiger partial charge is 0.306 e. The summed E-state index contributed by atoms with van der Waals surface area (Å²) in [6.07, 6.45) is -0.587. The third-order valence-corrected chi connectivity index (χ3v) is 4.21. The minimum absolute atomic E-state index is 0.111. The highest BCUT2D eigenvalue weighted by molar-refractivity contribution is 5.92. The molecule has 25 heavy (non-hydrogen) atoms. The molecule has 1 amide bonds. The molecule has 132 valence electrons. The van der Waals surface area contributed by atoms with Gasteiger partial charge in [0.15, 0.2) is 5.69 Å². The Morgan fingerprint density at radius 3 is 2.68 bits per heavy atom. The molecule has 7 heteroatoms. The standard InChI is InChI=1S/C18H21N3O4/c1-12-3-5-14(6-4-12)21-13(2)9-16(19-21)18(24)20-7-8-25-15(11-20)10-17(22)23/h3-6,9,15H,7-8,10-11H2,1-2H3,(H,22,23). The summed E-state index contributed by atoms with van der Waals surface area (Å²) in [7, 11) is 0. The first-order valence-electron chi connectivity index (χ1n) is 8.20. The summed E-state index contributed by atoms with van der Waals surface area (Å²) in [6, 6.07) is 9.67. The first-order valence-corrected chi connectivity index (χ1v) is 8.20. The molecule has 1 aliphatic rings. The molecular formula is C18H21N3O4. The number of carbonyl (C=O) groups excluding carboxylic acids is 1. The number of nitrogens with zero attached hydrogens (tertiary/aromatic N) is 3. The minimum atomic E-state index is -0.932. The number of aryl methyl sites for hydroxylation is 2. The van der Waals surface area contributed by atoms with Gasteiger partial charge in [0.05, 0.1) is 24.8 Å². The second kappa shape index (κ2) is 7.06. The Kier molecular flexibility index (Phi) is 4.85. The Labute approximate surface area is 145 Å². The van der Waals surface area contributed by atoms with E-state index in [0.29, 0.717) is 18.8 Å². The van der Waals surface area contributed by atoms with Crippen molar-refractivity contribution in [2.75, 3.05) is 19.7 Å². The fraction of sp³-hybridized carbons (Fsp3) is 0.389. The molecule has 1 aliphatic heterocycles. The van der Waals surface area contributed by atoms with Gasteiger partial charge in [0.25, 0.3) is 5.91 Å². The lowest BCUT2D eigenvalue weighted by atomic mass is 10.2. The second-order valence-electron chi connectivity index (χ2n) is 6.26. The van der Waals surface area contributed by atoms with E-state index in [0.717, 1.165) is 16.9 Å². The van der Waals surface area contributed by atoms with Gasteiger partial charge in [-0.25, -0.2) is 4.68 Å². The van der Waals surface area contributed by atoms with Gasteiger partial charge < -0.3 is 14.7 Å². The van der Waals surface area contributed by atoms with E-state index >= 15 is 0 Å². The summed E-state index contributed by atoms with van der Waals surface area (Å²) < 4.78 is 7.15. The normalized spacial score (nSPS) is 17.5. The lowest BCUT2D eigenvalue weighted by molar-refractivity contribution is -0.141. The highest BCUT2D eigenvalue weighted by Gasteiger charge is 2.28. The van der Waals surface area contributed by atoms with Crippen molar-refractivity contribution in [1.29, 1.82) is 0 Å². The van der Waals surface area contributed by atoms with Crippen molar-refractivity contribution in [3.8, 4) is 5.69 Å². The molecule has 1 aromatic heterocycles. The molecule has 0 bridgehead atoms. The molecule has 1 N–H and O–H groups in total. The van der Waals surface area contributed by atoms with Crippen LogP contribution in [0.4, 0.5) is 0 Å². The van der Waals surface area contributed by atoms with Gasteiger partial charge in [-0.05, 0) is 32.0 Å². The van der Waals surface area contributed by atoms with Crippen LogP contribution in [0.3, 0.4) is 0 Å². The average Bonchev–Trinajstić information content (AvgIpc) is 2.96. The number of ether oxygens (including phenoxy) is 1. The first-order chi connectivity index (χ1) is 11.9. The molecule has 2 heterocycles. The van der Waals surface area contributed by atoms with Crippen LogP contribution in [0.2, 0.25) is 0 Å². The summed E-state index contributed by atoms with van der Waals surface area (Å²) >= 11 is 0. The fourth-order valence-corrected chi connectivity index (χ4v) is 2.91. The summed E-state index contributed by atoms with van der Waals surface area (Å²) in [4.78, 5) is 25.2. The quantitative estimate of drug-likeness (QED) is 0.915. The Hall–Kier alpha value is -2.67. The highest BCUT2D eigenvalue weighted by atomic mass is 16.5. The molecule has 2 aromatic rings. The summed E-state index contributed by atoms with van der Waals surface area (Å²) in [5.74, 6) is -1.13. The van der Waals surface area contributed by atoms with Crippen molar-refractivity contribution in [1.82, 2.24) is 14.7 Å². The molecule has 0 aliphatic carbocycles. The summed E-state index contributed by atoms with van der Waals surface area (Å²) in [5, 5.41) is 13.3. The van der Waals surface area contributed by atoms with Gasteiger partial charge in [0.2, 0.25) is 0 Å². The number of hydrogen-bond acceptors (Lipinski definition) is 4. The Balaban J connectivity index is 1.77. The molecule has 1 saturated heterocycles. The summed E-state index contributed by atoms with van der Waals surface area (Å²) in [5.41, 5.74) is 3.27. The van der Waals surface area contributed by atoms with Crippen molar-refractivity contribution in [2.24, 2.45) is 0 Å². The van der Waals surface area contributed by atoms with Crippen LogP contribution in [0.1, 0.15) is 28.2 Å². The van der Waals surface area contributed by atoms with E-state index in [-0.39, 0.29) is 18.9 Å². The van der Waals surface area contributed by atoms with Crippen LogP contribution >= 0.6 is 0 Å². The van der Waals surface area contributed by atoms with Crippen molar-refractivity contribution in [3.63, 3.8) is 0 Å². The maximum Gasteiger partial charge on any atom is 0.306 e. The van der Waals surface area contributed by atoms with Gasteiger partial charge >= 0.3 is 5.97 Å². The number of hydrogen-bond donors (Lipinski definition) is 1. The minimum Gasteiger partial charge on any atom is -0.481 e. The topological polar surface area (TPSA) is 84.7 Å². The molecule has 7 nitrogen and oxygen atoms in total. The van der Waals surface area contributed by atoms with Crippen molar-refractivity contribution in [2.45, 2.75) is 26.4 Å². The zero-order valence-electron chi connectivity index (χ0n) is 14.3. The predicted octanol–water partition coefficient (Wildman–Crippen LogP) is 1.80. The van der Waals surface area contributed by atoms with Crippen LogP contribution in [-0.4, -0.2) is 57.5 Å². The van der Waals surface area contributed by atoms with E-state index in [9.17, 15) is 9.59 Å². The van der Waals surface area contributed by atoms with Gasteiger partial charge in [-0.3, -0.25) is 9.59 Å². The molecule has 1 aromatic carbocycles. The van der Waals surface area contributed by atoms with Gasteiger partial charge in [-0.1, -0.05) is 17.7 Å². The lowest BCUT2D eigenvalue weighted by Crippen LogP contribution is -2.46. The second-order valence-corrected chi connectivity index (χ2v) is 6.26. The van der Waals surface area contributed by atoms with Crippen LogP contribution < -0.4 is 0 Å². The molecule has 0 radical (unpaired) electrons.